The number of esters is 1. The molecule has 14 heteroatoms. The summed E-state index contributed by atoms with van der Waals surface area (Å²) in [5, 5.41) is 3.79. The second kappa shape index (κ2) is 11.3. The molecule has 4 rings (SSSR count). The third-order valence-electron chi connectivity index (χ3n) is 5.69. The van der Waals surface area contributed by atoms with Crippen molar-refractivity contribution in [3.63, 3.8) is 0 Å². The maximum Gasteiger partial charge on any atom is 0.573 e. The molecule has 1 aliphatic rings. The van der Waals surface area contributed by atoms with E-state index in [1.807, 2.05) is 0 Å². The monoisotopic (exact) mass is 556 g/mol. The number of amides is 1. The Morgan fingerprint density at radius 3 is 2.61 bits per heavy atom. The van der Waals surface area contributed by atoms with Crippen LogP contribution < -0.4 is 15.0 Å². The minimum atomic E-state index is -5.07. The molecule has 0 spiro atoms. The predicted octanol–water partition coefficient (Wildman–Crippen LogP) is 5.41. The van der Waals surface area contributed by atoms with Crippen molar-refractivity contribution in [1.29, 1.82) is 0 Å². The second-order valence-corrected chi connectivity index (χ2v) is 9.06. The number of ether oxygens (including phenoxy) is 2. The van der Waals surface area contributed by atoms with Crippen LogP contribution in [0.5, 0.6) is 5.75 Å². The summed E-state index contributed by atoms with van der Waals surface area (Å²) in [7, 11) is 0. The average Bonchev–Trinajstić information content (AvgIpc) is 3.33. The molecule has 1 aliphatic heterocycles. The number of thiazole rings is 1. The van der Waals surface area contributed by atoms with Crippen molar-refractivity contribution in [2.45, 2.75) is 26.1 Å². The zero-order chi connectivity index (χ0) is 27.4. The van der Waals surface area contributed by atoms with E-state index in [-0.39, 0.29) is 39.7 Å². The van der Waals surface area contributed by atoms with Gasteiger partial charge in [-0.3, -0.25) is 14.9 Å². The van der Waals surface area contributed by atoms with E-state index >= 15 is 0 Å². The number of aromatic nitrogens is 2. The number of halogens is 5. The number of carbonyl (C=O) groups is 2. The van der Waals surface area contributed by atoms with Crippen molar-refractivity contribution in [1.82, 2.24) is 9.97 Å². The molecular weight excluding hydrogens is 535 g/mol. The summed E-state index contributed by atoms with van der Waals surface area (Å²) >= 11 is 0.898. The molecule has 3 aromatic rings. The number of rotatable bonds is 7. The van der Waals surface area contributed by atoms with Crippen molar-refractivity contribution in [2.24, 2.45) is 5.92 Å². The number of nitrogens with one attached hydrogen (secondary N) is 1. The maximum absolute atomic E-state index is 14.8. The Bertz CT molecular complexity index is 1330. The first-order valence-corrected chi connectivity index (χ1v) is 12.3. The molecule has 202 valence electrons. The van der Waals surface area contributed by atoms with Gasteiger partial charge in [0.05, 0.1) is 23.8 Å². The van der Waals surface area contributed by atoms with Crippen LogP contribution in [0.2, 0.25) is 0 Å². The van der Waals surface area contributed by atoms with Crippen LogP contribution in [0.25, 0.3) is 11.3 Å². The molecule has 0 bridgehead atoms. The standard InChI is InChI=1S/C24H21F5N4O4S/c1-2-36-22(35)13-6-8-33(9-7-13)20-16(25)10-14(11-30-20)21(34)32-23-31-17(12-38-23)15-4-3-5-18(19(15)26)37-24(27,28)29/h3-5,10-13H,2,6-9H2,1H3,(H,31,32,34). The molecule has 3 heterocycles. The van der Waals surface area contributed by atoms with Gasteiger partial charge >= 0.3 is 12.3 Å². The molecule has 1 fully saturated rings. The van der Waals surface area contributed by atoms with E-state index in [0.29, 0.717) is 32.5 Å². The van der Waals surface area contributed by atoms with Crippen LogP contribution >= 0.6 is 11.3 Å². The van der Waals surface area contributed by atoms with Crippen LogP contribution in [-0.4, -0.2) is 47.9 Å². The van der Waals surface area contributed by atoms with E-state index in [4.69, 9.17) is 4.74 Å². The van der Waals surface area contributed by atoms with Crippen LogP contribution in [0.3, 0.4) is 0 Å². The van der Waals surface area contributed by atoms with Crippen molar-refractivity contribution >= 4 is 34.2 Å². The van der Waals surface area contributed by atoms with E-state index in [9.17, 15) is 31.5 Å². The smallest absolute Gasteiger partial charge is 0.466 e. The number of pyridine rings is 1. The lowest BCUT2D eigenvalue weighted by Crippen LogP contribution is -2.38. The SMILES string of the molecule is CCOC(=O)C1CCN(c2ncc(C(=O)Nc3nc(-c4cccc(OC(F)(F)F)c4F)cs3)cc2F)CC1. The topological polar surface area (TPSA) is 93.7 Å². The van der Waals surface area contributed by atoms with Gasteiger partial charge in [-0.05, 0) is 38.0 Å². The minimum Gasteiger partial charge on any atom is -0.466 e. The molecule has 8 nitrogen and oxygen atoms in total. The molecular formula is C24H21F5N4O4S. The average molecular weight is 557 g/mol. The van der Waals surface area contributed by atoms with Gasteiger partial charge in [-0.25, -0.2) is 18.7 Å². The number of nitrogens with zero attached hydrogens (tertiary/aromatic N) is 3. The minimum absolute atomic E-state index is 0.0112. The summed E-state index contributed by atoms with van der Waals surface area (Å²) in [6.45, 7) is 2.81. The van der Waals surface area contributed by atoms with Crippen molar-refractivity contribution in [3.05, 3.63) is 53.0 Å². The fourth-order valence-electron chi connectivity index (χ4n) is 3.91. The zero-order valence-electron chi connectivity index (χ0n) is 19.8. The van der Waals surface area contributed by atoms with Crippen LogP contribution in [-0.2, 0) is 9.53 Å². The molecule has 0 radical (unpaired) electrons. The quantitative estimate of drug-likeness (QED) is 0.307. The summed E-state index contributed by atoms with van der Waals surface area (Å²) < 4.78 is 75.5. The summed E-state index contributed by atoms with van der Waals surface area (Å²) in [5.74, 6) is -4.22. The van der Waals surface area contributed by atoms with E-state index in [1.165, 1.54) is 23.7 Å². The Morgan fingerprint density at radius 2 is 1.95 bits per heavy atom. The van der Waals surface area contributed by atoms with Gasteiger partial charge in [-0.2, -0.15) is 0 Å². The predicted molar refractivity (Wildman–Crippen MR) is 128 cm³/mol. The Kier molecular flexibility index (Phi) is 8.09. The Hall–Kier alpha value is -3.81. The summed E-state index contributed by atoms with van der Waals surface area (Å²) in [6.07, 6.45) is -2.91. The number of carbonyl (C=O) groups excluding carboxylic acids is 2. The Balaban J connectivity index is 1.41. The van der Waals surface area contributed by atoms with Gasteiger partial charge in [0, 0.05) is 30.2 Å². The highest BCUT2D eigenvalue weighted by Gasteiger charge is 2.33. The first kappa shape index (κ1) is 27.2. The second-order valence-electron chi connectivity index (χ2n) is 8.20. The number of alkyl halides is 3. The third kappa shape index (κ3) is 6.36. The van der Waals surface area contributed by atoms with Gasteiger partial charge in [0.15, 0.2) is 28.3 Å². The largest absolute Gasteiger partial charge is 0.573 e. The van der Waals surface area contributed by atoms with Crippen molar-refractivity contribution in [3.8, 4) is 17.0 Å². The van der Waals surface area contributed by atoms with Gasteiger partial charge in [-0.1, -0.05) is 6.07 Å². The first-order valence-electron chi connectivity index (χ1n) is 11.4. The molecule has 2 aromatic heterocycles. The highest BCUT2D eigenvalue weighted by molar-refractivity contribution is 7.14. The Labute approximate surface area is 217 Å². The molecule has 1 amide bonds. The van der Waals surface area contributed by atoms with Gasteiger partial charge in [0.2, 0.25) is 0 Å². The summed E-state index contributed by atoms with van der Waals surface area (Å²) in [5.41, 5.74) is -0.384. The normalized spacial score (nSPS) is 14.3. The van der Waals surface area contributed by atoms with Crippen LogP contribution in [0.15, 0.2) is 35.8 Å². The van der Waals surface area contributed by atoms with Crippen molar-refractivity contribution in [2.75, 3.05) is 29.9 Å². The lowest BCUT2D eigenvalue weighted by Gasteiger charge is -2.31. The Morgan fingerprint density at radius 1 is 1.21 bits per heavy atom. The zero-order valence-corrected chi connectivity index (χ0v) is 20.7. The van der Waals surface area contributed by atoms with E-state index in [1.54, 1.807) is 11.8 Å². The first-order chi connectivity index (χ1) is 18.1. The fourth-order valence-corrected chi connectivity index (χ4v) is 4.62. The summed E-state index contributed by atoms with van der Waals surface area (Å²) in [6, 6.07) is 4.23. The maximum atomic E-state index is 14.8. The molecule has 0 atom stereocenters. The molecule has 0 saturated carbocycles. The summed E-state index contributed by atoms with van der Waals surface area (Å²) in [4.78, 5) is 34.3. The number of hydrogen-bond donors (Lipinski definition) is 1. The fraction of sp³-hybridized carbons (Fsp3) is 0.333. The molecule has 1 N–H and O–H groups in total. The number of hydrogen-bond acceptors (Lipinski definition) is 8. The van der Waals surface area contributed by atoms with Crippen LogP contribution in [0.1, 0.15) is 30.1 Å². The molecule has 0 aliphatic carbocycles. The number of benzene rings is 1. The van der Waals surface area contributed by atoms with Crippen LogP contribution in [0.4, 0.5) is 32.9 Å². The van der Waals surface area contributed by atoms with E-state index < -0.39 is 29.7 Å². The van der Waals surface area contributed by atoms with Gasteiger partial charge < -0.3 is 14.4 Å². The molecule has 1 saturated heterocycles. The highest BCUT2D eigenvalue weighted by atomic mass is 32.1. The number of piperidine rings is 1. The third-order valence-corrected chi connectivity index (χ3v) is 6.45. The van der Waals surface area contributed by atoms with Crippen molar-refractivity contribution < 1.29 is 41.0 Å². The van der Waals surface area contributed by atoms with Gasteiger partial charge in [-0.15, -0.1) is 24.5 Å². The van der Waals surface area contributed by atoms with E-state index in [2.05, 4.69) is 20.0 Å². The van der Waals surface area contributed by atoms with Gasteiger partial charge in [0.25, 0.3) is 5.91 Å². The van der Waals surface area contributed by atoms with E-state index in [0.717, 1.165) is 23.5 Å². The van der Waals surface area contributed by atoms with Gasteiger partial charge in [0.1, 0.15) is 0 Å². The lowest BCUT2D eigenvalue weighted by molar-refractivity contribution is -0.275. The lowest BCUT2D eigenvalue weighted by atomic mass is 9.97. The van der Waals surface area contributed by atoms with Crippen LogP contribution in [0, 0.1) is 17.6 Å². The molecule has 1 aromatic carbocycles. The molecule has 0 unspecified atom stereocenters. The molecule has 38 heavy (non-hydrogen) atoms. The highest BCUT2D eigenvalue weighted by Crippen LogP contribution is 2.34. The number of anilines is 2.